The van der Waals surface area contributed by atoms with Crippen LogP contribution in [0.2, 0.25) is 0 Å². The summed E-state index contributed by atoms with van der Waals surface area (Å²) in [6.45, 7) is 0. The Bertz CT molecular complexity index is 586. The van der Waals surface area contributed by atoms with E-state index in [1.807, 2.05) is 0 Å². The molecule has 1 spiro atoms. The molecule has 1 aromatic carbocycles. The van der Waals surface area contributed by atoms with Crippen molar-refractivity contribution in [2.45, 2.75) is 11.8 Å². The van der Waals surface area contributed by atoms with Gasteiger partial charge in [0.15, 0.2) is 0 Å². The quantitative estimate of drug-likeness (QED) is 0.872. The van der Waals surface area contributed by atoms with Crippen LogP contribution in [0, 0.1) is 5.92 Å². The van der Waals surface area contributed by atoms with Crippen molar-refractivity contribution in [1.29, 1.82) is 0 Å². The highest BCUT2D eigenvalue weighted by Crippen LogP contribution is 2.62. The number of fused-ring (bicyclic) bond motifs is 2. The maximum atomic E-state index is 12.0. The van der Waals surface area contributed by atoms with Crippen LogP contribution < -0.4 is 10.1 Å². The number of benzene rings is 1. The van der Waals surface area contributed by atoms with E-state index in [2.05, 4.69) is 21.2 Å². The highest BCUT2D eigenvalue weighted by molar-refractivity contribution is 9.10. The minimum Gasteiger partial charge on any atom is -0.497 e. The minimum atomic E-state index is -0.930. The predicted octanol–water partition coefficient (Wildman–Crippen LogP) is 1.75. The summed E-state index contributed by atoms with van der Waals surface area (Å²) in [5, 5.41) is 11.8. The molecule has 1 saturated carbocycles. The first-order chi connectivity index (χ1) is 8.50. The van der Waals surface area contributed by atoms with Crippen LogP contribution in [0.3, 0.4) is 0 Å². The lowest BCUT2D eigenvalue weighted by Crippen LogP contribution is -2.24. The van der Waals surface area contributed by atoms with Crippen molar-refractivity contribution >= 4 is 33.5 Å². The topological polar surface area (TPSA) is 75.6 Å². The van der Waals surface area contributed by atoms with Gasteiger partial charge >= 0.3 is 5.97 Å². The number of anilines is 1. The Hall–Kier alpha value is -1.56. The molecule has 0 saturated heterocycles. The number of amides is 1. The van der Waals surface area contributed by atoms with Crippen LogP contribution in [0.5, 0.6) is 5.75 Å². The maximum absolute atomic E-state index is 12.0. The molecule has 1 aliphatic carbocycles. The fourth-order valence-electron chi connectivity index (χ4n) is 2.69. The third kappa shape index (κ3) is 1.26. The Kier molecular flexibility index (Phi) is 2.22. The summed E-state index contributed by atoms with van der Waals surface area (Å²) in [6.07, 6.45) is 0.353. The van der Waals surface area contributed by atoms with Crippen molar-refractivity contribution in [1.82, 2.24) is 0 Å². The van der Waals surface area contributed by atoms with Crippen LogP contribution in [0.25, 0.3) is 0 Å². The molecule has 1 amide bonds. The Balaban J connectivity index is 2.15. The van der Waals surface area contributed by atoms with Crippen LogP contribution in [0.15, 0.2) is 16.6 Å². The standard InChI is InChI=1S/C12H10BrNO4/c1-18-5-2-7(13)9-8(3-5)14-11(17)12(9)4-6(12)10(15)16/h2-3,6H,4H2,1H3,(H,14,17)(H,15,16). The zero-order valence-electron chi connectivity index (χ0n) is 9.49. The summed E-state index contributed by atoms with van der Waals surface area (Å²) in [6, 6.07) is 3.46. The van der Waals surface area contributed by atoms with Crippen molar-refractivity contribution in [2.75, 3.05) is 12.4 Å². The first-order valence-electron chi connectivity index (χ1n) is 5.43. The van der Waals surface area contributed by atoms with Gasteiger partial charge in [0.25, 0.3) is 0 Å². The number of carboxylic acids is 1. The number of hydrogen-bond donors (Lipinski definition) is 2. The van der Waals surface area contributed by atoms with E-state index >= 15 is 0 Å². The molecule has 1 aromatic rings. The molecular formula is C12H10BrNO4. The minimum absolute atomic E-state index is 0.237. The van der Waals surface area contributed by atoms with E-state index in [1.54, 1.807) is 12.1 Å². The number of rotatable bonds is 2. The Morgan fingerprint density at radius 2 is 2.33 bits per heavy atom. The second kappa shape index (κ2) is 3.47. The van der Waals surface area contributed by atoms with Crippen molar-refractivity contribution in [2.24, 2.45) is 5.92 Å². The fraction of sp³-hybridized carbons (Fsp3) is 0.333. The van der Waals surface area contributed by atoms with E-state index in [-0.39, 0.29) is 5.91 Å². The van der Waals surface area contributed by atoms with Crippen molar-refractivity contribution < 1.29 is 19.4 Å². The van der Waals surface area contributed by atoms with E-state index in [1.165, 1.54) is 7.11 Å². The van der Waals surface area contributed by atoms with Crippen LogP contribution >= 0.6 is 15.9 Å². The maximum Gasteiger partial charge on any atom is 0.307 e. The average molecular weight is 312 g/mol. The number of aliphatic carboxylic acids is 1. The number of carboxylic acid groups (broad SMARTS) is 1. The van der Waals surface area contributed by atoms with Crippen LogP contribution in [0.4, 0.5) is 5.69 Å². The molecular weight excluding hydrogens is 302 g/mol. The summed E-state index contributed by atoms with van der Waals surface area (Å²) in [4.78, 5) is 23.1. The van der Waals surface area contributed by atoms with Gasteiger partial charge < -0.3 is 15.2 Å². The Labute approximate surface area is 111 Å². The van der Waals surface area contributed by atoms with Gasteiger partial charge in [0.2, 0.25) is 5.91 Å². The number of methoxy groups -OCH3 is 1. The van der Waals surface area contributed by atoms with Gasteiger partial charge in [0.05, 0.1) is 18.4 Å². The SMILES string of the molecule is COc1cc(Br)c2c(c1)NC(=O)C21CC1C(=O)O. The molecule has 18 heavy (non-hydrogen) atoms. The molecule has 3 rings (SSSR count). The zero-order chi connectivity index (χ0) is 13.1. The van der Waals surface area contributed by atoms with Crippen LogP contribution in [-0.2, 0) is 15.0 Å². The van der Waals surface area contributed by atoms with Crippen molar-refractivity contribution in [3.8, 4) is 5.75 Å². The normalized spacial score (nSPS) is 27.9. The lowest BCUT2D eigenvalue weighted by atomic mass is 9.94. The average Bonchev–Trinajstić information content (AvgIpc) is 2.97. The molecule has 2 atom stereocenters. The number of halogens is 1. The molecule has 94 valence electrons. The first-order valence-corrected chi connectivity index (χ1v) is 6.22. The first kappa shape index (κ1) is 11.5. The molecule has 0 radical (unpaired) electrons. The molecule has 6 heteroatoms. The summed E-state index contributed by atoms with van der Waals surface area (Å²) in [7, 11) is 1.54. The molecule has 0 aromatic heterocycles. The van der Waals surface area contributed by atoms with E-state index in [9.17, 15) is 9.59 Å². The molecule has 1 fully saturated rings. The van der Waals surface area contributed by atoms with E-state index in [0.29, 0.717) is 22.3 Å². The second-order valence-corrected chi connectivity index (χ2v) is 5.41. The van der Waals surface area contributed by atoms with Gasteiger partial charge in [0.1, 0.15) is 5.75 Å². The molecule has 2 unspecified atom stereocenters. The summed E-state index contributed by atoms with van der Waals surface area (Å²) >= 11 is 3.39. The highest BCUT2D eigenvalue weighted by Gasteiger charge is 2.68. The van der Waals surface area contributed by atoms with Gasteiger partial charge in [-0.2, -0.15) is 0 Å². The third-order valence-corrected chi connectivity index (χ3v) is 4.28. The van der Waals surface area contributed by atoms with E-state index < -0.39 is 17.3 Å². The number of carbonyl (C=O) groups is 2. The molecule has 0 bridgehead atoms. The lowest BCUT2D eigenvalue weighted by Gasteiger charge is -2.10. The monoisotopic (exact) mass is 311 g/mol. The second-order valence-electron chi connectivity index (χ2n) is 4.55. The van der Waals surface area contributed by atoms with Crippen LogP contribution in [0.1, 0.15) is 12.0 Å². The van der Waals surface area contributed by atoms with Gasteiger partial charge in [-0.3, -0.25) is 9.59 Å². The number of hydrogen-bond acceptors (Lipinski definition) is 3. The molecule has 1 heterocycles. The Morgan fingerprint density at radius 1 is 1.61 bits per heavy atom. The fourth-order valence-corrected chi connectivity index (χ4v) is 3.48. The molecule has 5 nitrogen and oxygen atoms in total. The highest BCUT2D eigenvalue weighted by atomic mass is 79.9. The number of nitrogens with one attached hydrogen (secondary N) is 1. The Morgan fingerprint density at radius 3 is 2.89 bits per heavy atom. The molecule has 1 aliphatic heterocycles. The largest absolute Gasteiger partial charge is 0.497 e. The predicted molar refractivity (Wildman–Crippen MR) is 66.7 cm³/mol. The van der Waals surface area contributed by atoms with E-state index in [0.717, 1.165) is 5.56 Å². The van der Waals surface area contributed by atoms with E-state index in [4.69, 9.17) is 9.84 Å². The molecule has 2 N–H and O–H groups in total. The van der Waals surface area contributed by atoms with Gasteiger partial charge in [-0.1, -0.05) is 15.9 Å². The number of ether oxygens (including phenoxy) is 1. The van der Waals surface area contributed by atoms with Crippen LogP contribution in [-0.4, -0.2) is 24.1 Å². The van der Waals surface area contributed by atoms with Crippen molar-refractivity contribution in [3.63, 3.8) is 0 Å². The summed E-state index contributed by atoms with van der Waals surface area (Å²) in [5.41, 5.74) is 0.474. The lowest BCUT2D eigenvalue weighted by molar-refractivity contribution is -0.140. The van der Waals surface area contributed by atoms with Gasteiger partial charge in [-0.25, -0.2) is 0 Å². The molecule has 2 aliphatic rings. The zero-order valence-corrected chi connectivity index (χ0v) is 11.1. The van der Waals surface area contributed by atoms with Gasteiger partial charge in [0, 0.05) is 21.8 Å². The third-order valence-electron chi connectivity index (χ3n) is 3.66. The van der Waals surface area contributed by atoms with Gasteiger partial charge in [-0.15, -0.1) is 0 Å². The summed E-state index contributed by atoms with van der Waals surface area (Å²) < 4.78 is 5.83. The number of carbonyl (C=O) groups excluding carboxylic acids is 1. The smallest absolute Gasteiger partial charge is 0.307 e. The van der Waals surface area contributed by atoms with Crippen molar-refractivity contribution in [3.05, 3.63) is 22.2 Å². The van der Waals surface area contributed by atoms with Gasteiger partial charge in [-0.05, 0) is 12.5 Å². The summed E-state index contributed by atoms with van der Waals surface area (Å²) in [5.74, 6) is -1.19.